The number of benzene rings is 2. The van der Waals surface area contributed by atoms with Gasteiger partial charge in [0.25, 0.3) is 0 Å². The average Bonchev–Trinajstić information content (AvgIpc) is 2.42. The molecule has 96 valence electrons. The molecule has 0 aliphatic carbocycles. The van der Waals surface area contributed by atoms with E-state index in [4.69, 9.17) is 0 Å². The van der Waals surface area contributed by atoms with Gasteiger partial charge in [-0.05, 0) is 23.8 Å². The van der Waals surface area contributed by atoms with Gasteiger partial charge >= 0.3 is 0 Å². The summed E-state index contributed by atoms with van der Waals surface area (Å²) in [7, 11) is 0. The van der Waals surface area contributed by atoms with Crippen molar-refractivity contribution in [2.24, 2.45) is 0 Å². The van der Waals surface area contributed by atoms with Crippen LogP contribution in [0.3, 0.4) is 0 Å². The van der Waals surface area contributed by atoms with Crippen LogP contribution in [0.5, 0.6) is 0 Å². The van der Waals surface area contributed by atoms with E-state index in [-0.39, 0.29) is 5.56 Å². The first kappa shape index (κ1) is 13.1. The minimum absolute atomic E-state index is 0.233. The standard InChI is InChI=1S/C15H9F3O/c16-12-8-11(9-13(17)15(12)18)14(19)7-6-10-4-2-1-3-5-10/h1-9H/b7-6+. The second-order valence-corrected chi connectivity index (χ2v) is 3.86. The lowest BCUT2D eigenvalue weighted by Crippen LogP contribution is -2.00. The molecule has 19 heavy (non-hydrogen) atoms. The van der Waals surface area contributed by atoms with Crippen LogP contribution in [0.25, 0.3) is 6.08 Å². The third-order valence-corrected chi connectivity index (χ3v) is 2.50. The molecule has 2 aromatic rings. The third-order valence-electron chi connectivity index (χ3n) is 2.50. The van der Waals surface area contributed by atoms with Gasteiger partial charge in [0.05, 0.1) is 0 Å². The van der Waals surface area contributed by atoms with Crippen LogP contribution in [-0.4, -0.2) is 5.78 Å². The molecule has 0 saturated carbocycles. The molecule has 0 radical (unpaired) electrons. The van der Waals surface area contributed by atoms with E-state index in [0.717, 1.165) is 5.56 Å². The number of hydrogen-bond donors (Lipinski definition) is 0. The number of allylic oxidation sites excluding steroid dienone is 1. The Kier molecular flexibility index (Phi) is 3.80. The molecule has 0 atom stereocenters. The summed E-state index contributed by atoms with van der Waals surface area (Å²) in [5.41, 5.74) is 0.544. The molecule has 0 bridgehead atoms. The van der Waals surface area contributed by atoms with Gasteiger partial charge in [-0.2, -0.15) is 0 Å². The Morgan fingerprint density at radius 3 is 2.11 bits per heavy atom. The predicted octanol–water partition coefficient (Wildman–Crippen LogP) is 4.00. The minimum Gasteiger partial charge on any atom is -0.289 e. The topological polar surface area (TPSA) is 17.1 Å². The first-order valence-corrected chi connectivity index (χ1v) is 5.50. The number of rotatable bonds is 3. The summed E-state index contributed by atoms with van der Waals surface area (Å²) in [6.07, 6.45) is 2.70. The SMILES string of the molecule is O=C(/C=C/c1ccccc1)c1cc(F)c(F)c(F)c1. The van der Waals surface area contributed by atoms with Crippen molar-refractivity contribution in [1.29, 1.82) is 0 Å². The lowest BCUT2D eigenvalue weighted by atomic mass is 10.1. The van der Waals surface area contributed by atoms with Gasteiger partial charge in [-0.15, -0.1) is 0 Å². The van der Waals surface area contributed by atoms with E-state index in [0.29, 0.717) is 12.1 Å². The fourth-order valence-corrected chi connectivity index (χ4v) is 1.53. The Morgan fingerprint density at radius 2 is 1.53 bits per heavy atom. The molecule has 2 aromatic carbocycles. The van der Waals surface area contributed by atoms with Crippen molar-refractivity contribution >= 4 is 11.9 Å². The maximum absolute atomic E-state index is 13.0. The number of hydrogen-bond acceptors (Lipinski definition) is 1. The summed E-state index contributed by atoms with van der Waals surface area (Å²) >= 11 is 0. The van der Waals surface area contributed by atoms with E-state index in [2.05, 4.69) is 0 Å². The van der Waals surface area contributed by atoms with Crippen LogP contribution in [0, 0.1) is 17.5 Å². The Hall–Kier alpha value is -2.36. The van der Waals surface area contributed by atoms with Crippen molar-refractivity contribution in [3.8, 4) is 0 Å². The van der Waals surface area contributed by atoms with Gasteiger partial charge in [0.15, 0.2) is 23.2 Å². The van der Waals surface area contributed by atoms with Gasteiger partial charge in [0.2, 0.25) is 0 Å². The number of carbonyl (C=O) groups excluding carboxylic acids is 1. The summed E-state index contributed by atoms with van der Waals surface area (Å²) in [6, 6.07) is 10.3. The fourth-order valence-electron chi connectivity index (χ4n) is 1.53. The molecule has 0 saturated heterocycles. The Labute approximate surface area is 108 Å². The van der Waals surface area contributed by atoms with E-state index in [9.17, 15) is 18.0 Å². The van der Waals surface area contributed by atoms with Crippen molar-refractivity contribution in [3.63, 3.8) is 0 Å². The van der Waals surface area contributed by atoms with Crippen LogP contribution in [0.1, 0.15) is 15.9 Å². The van der Waals surface area contributed by atoms with Crippen LogP contribution in [0.4, 0.5) is 13.2 Å². The first-order valence-electron chi connectivity index (χ1n) is 5.50. The van der Waals surface area contributed by atoms with Crippen molar-refractivity contribution in [1.82, 2.24) is 0 Å². The maximum Gasteiger partial charge on any atom is 0.194 e. The molecule has 0 aliphatic heterocycles. The highest BCUT2D eigenvalue weighted by Crippen LogP contribution is 2.14. The van der Waals surface area contributed by atoms with Crippen molar-refractivity contribution in [3.05, 3.63) is 77.1 Å². The van der Waals surface area contributed by atoms with E-state index in [1.165, 1.54) is 12.2 Å². The molecule has 0 aromatic heterocycles. The van der Waals surface area contributed by atoms with E-state index >= 15 is 0 Å². The zero-order chi connectivity index (χ0) is 13.8. The summed E-state index contributed by atoms with van der Waals surface area (Å²) in [5, 5.41) is 0. The molecular formula is C15H9F3O. The minimum atomic E-state index is -1.58. The molecule has 0 fully saturated rings. The van der Waals surface area contributed by atoms with Crippen LogP contribution >= 0.6 is 0 Å². The van der Waals surface area contributed by atoms with Crippen LogP contribution in [0.2, 0.25) is 0 Å². The van der Waals surface area contributed by atoms with Crippen molar-refractivity contribution in [2.45, 2.75) is 0 Å². The second kappa shape index (κ2) is 5.52. The Bertz CT molecular complexity index is 610. The van der Waals surface area contributed by atoms with Crippen LogP contribution in [-0.2, 0) is 0 Å². The van der Waals surface area contributed by atoms with Crippen molar-refractivity contribution < 1.29 is 18.0 Å². The molecule has 2 rings (SSSR count). The maximum atomic E-state index is 13.0. The monoisotopic (exact) mass is 262 g/mol. The van der Waals surface area contributed by atoms with Crippen LogP contribution in [0.15, 0.2) is 48.5 Å². The Balaban J connectivity index is 2.24. The smallest absolute Gasteiger partial charge is 0.194 e. The fraction of sp³-hybridized carbons (Fsp3) is 0. The predicted molar refractivity (Wildman–Crippen MR) is 66.1 cm³/mol. The zero-order valence-corrected chi connectivity index (χ0v) is 9.74. The van der Waals surface area contributed by atoms with Gasteiger partial charge in [0, 0.05) is 5.56 Å². The quantitative estimate of drug-likeness (QED) is 0.464. The summed E-state index contributed by atoms with van der Waals surface area (Å²) < 4.78 is 38.7. The summed E-state index contributed by atoms with van der Waals surface area (Å²) in [4.78, 5) is 11.7. The van der Waals surface area contributed by atoms with Gasteiger partial charge in [-0.1, -0.05) is 36.4 Å². The lowest BCUT2D eigenvalue weighted by Gasteiger charge is -1.99. The zero-order valence-electron chi connectivity index (χ0n) is 9.74. The molecule has 0 amide bonds. The van der Waals surface area contributed by atoms with E-state index < -0.39 is 23.2 Å². The Morgan fingerprint density at radius 1 is 0.947 bits per heavy atom. The number of carbonyl (C=O) groups is 1. The number of ketones is 1. The van der Waals surface area contributed by atoms with Gasteiger partial charge in [-0.25, -0.2) is 13.2 Å². The molecular weight excluding hydrogens is 253 g/mol. The van der Waals surface area contributed by atoms with Crippen molar-refractivity contribution in [2.75, 3.05) is 0 Å². The molecule has 0 heterocycles. The lowest BCUT2D eigenvalue weighted by molar-refractivity contribution is 0.104. The second-order valence-electron chi connectivity index (χ2n) is 3.86. The molecule has 0 aliphatic rings. The van der Waals surface area contributed by atoms with Gasteiger partial charge < -0.3 is 0 Å². The molecule has 1 nitrogen and oxygen atoms in total. The molecule has 0 spiro atoms. The average molecular weight is 262 g/mol. The molecule has 0 unspecified atom stereocenters. The molecule has 0 N–H and O–H groups in total. The third kappa shape index (κ3) is 3.10. The summed E-state index contributed by atoms with van der Waals surface area (Å²) in [5.74, 6) is -4.93. The van der Waals surface area contributed by atoms with Gasteiger partial charge in [-0.3, -0.25) is 4.79 Å². The first-order chi connectivity index (χ1) is 9.08. The van der Waals surface area contributed by atoms with Crippen LogP contribution < -0.4 is 0 Å². The van der Waals surface area contributed by atoms with E-state index in [1.54, 1.807) is 24.3 Å². The molecule has 4 heteroatoms. The normalized spacial score (nSPS) is 10.9. The van der Waals surface area contributed by atoms with Gasteiger partial charge in [0.1, 0.15) is 0 Å². The largest absolute Gasteiger partial charge is 0.289 e. The highest BCUT2D eigenvalue weighted by atomic mass is 19.2. The summed E-state index contributed by atoms with van der Waals surface area (Å²) in [6.45, 7) is 0. The highest BCUT2D eigenvalue weighted by Gasteiger charge is 2.13. The number of halogens is 3. The highest BCUT2D eigenvalue weighted by molar-refractivity contribution is 6.06. The van der Waals surface area contributed by atoms with E-state index in [1.807, 2.05) is 6.07 Å².